The Kier molecular flexibility index (Phi) is 9.88. The third kappa shape index (κ3) is 8.68. The van der Waals surface area contributed by atoms with Crippen LogP contribution in [-0.2, 0) is 16.7 Å². The van der Waals surface area contributed by atoms with Crippen molar-refractivity contribution < 1.29 is 14.3 Å². The molecule has 1 saturated carbocycles. The topological polar surface area (TPSA) is 91.9 Å². The molecule has 0 radical (unpaired) electrons. The summed E-state index contributed by atoms with van der Waals surface area (Å²) in [4.78, 5) is 8.73. The molecule has 0 saturated heterocycles. The van der Waals surface area contributed by atoms with Gasteiger partial charge in [0.2, 0.25) is 5.89 Å². The Labute approximate surface area is 173 Å². The number of aromatic nitrogens is 1. The van der Waals surface area contributed by atoms with E-state index in [1.165, 1.54) is 12.8 Å². The molecule has 1 aromatic heterocycles. The van der Waals surface area contributed by atoms with E-state index < -0.39 is 6.10 Å². The Morgan fingerprint density at radius 2 is 2.15 bits per heavy atom. The standard InChI is InChI=1S/C18H32N4O3.HI/c1-5-19-17(21-8-14(23)12-24-11-13-6-7-13)22-10-16-20-9-15(25-16)18(2,3)4;/h9,13-14,23H,5-8,10-12H2,1-4H3,(H2,19,21,22);1H. The van der Waals surface area contributed by atoms with Gasteiger partial charge in [0, 0.05) is 25.1 Å². The highest BCUT2D eigenvalue weighted by molar-refractivity contribution is 14.0. The molecule has 1 fully saturated rings. The van der Waals surface area contributed by atoms with Crippen LogP contribution in [0.2, 0.25) is 0 Å². The van der Waals surface area contributed by atoms with Gasteiger partial charge in [-0.25, -0.2) is 9.98 Å². The number of ether oxygens (including phenoxy) is 1. The second-order valence-corrected chi connectivity index (χ2v) is 7.58. The molecule has 1 aromatic rings. The minimum atomic E-state index is -0.558. The summed E-state index contributed by atoms with van der Waals surface area (Å²) in [5, 5.41) is 16.2. The number of oxazole rings is 1. The summed E-state index contributed by atoms with van der Waals surface area (Å²) in [6.07, 6.45) is 3.70. The SMILES string of the molecule is CCNC(=NCc1ncc(C(C)(C)C)o1)NCC(O)COCC1CC1.I. The smallest absolute Gasteiger partial charge is 0.216 e. The van der Waals surface area contributed by atoms with Crippen LogP contribution in [0.3, 0.4) is 0 Å². The first-order chi connectivity index (χ1) is 11.9. The number of nitrogens with one attached hydrogen (secondary N) is 2. The zero-order chi connectivity index (χ0) is 18.3. The van der Waals surface area contributed by atoms with Crippen molar-refractivity contribution in [3.05, 3.63) is 17.8 Å². The zero-order valence-electron chi connectivity index (χ0n) is 16.2. The van der Waals surface area contributed by atoms with Crippen LogP contribution in [0.1, 0.15) is 52.2 Å². The van der Waals surface area contributed by atoms with Crippen LogP contribution in [0.25, 0.3) is 0 Å². The second kappa shape index (κ2) is 11.1. The molecular weight excluding hydrogens is 447 g/mol. The summed E-state index contributed by atoms with van der Waals surface area (Å²) in [6, 6.07) is 0. The van der Waals surface area contributed by atoms with E-state index in [1.807, 2.05) is 6.92 Å². The van der Waals surface area contributed by atoms with Crippen LogP contribution in [-0.4, -0.2) is 48.5 Å². The predicted molar refractivity (Wildman–Crippen MR) is 113 cm³/mol. The Balaban J connectivity index is 0.00000338. The van der Waals surface area contributed by atoms with Gasteiger partial charge < -0.3 is 24.9 Å². The number of rotatable bonds is 9. The quantitative estimate of drug-likeness (QED) is 0.286. The molecule has 0 amide bonds. The van der Waals surface area contributed by atoms with Crippen molar-refractivity contribution in [2.45, 2.75) is 58.6 Å². The minimum Gasteiger partial charge on any atom is -0.443 e. The summed E-state index contributed by atoms with van der Waals surface area (Å²) >= 11 is 0. The van der Waals surface area contributed by atoms with Crippen molar-refractivity contribution in [2.75, 3.05) is 26.3 Å². The highest BCUT2D eigenvalue weighted by atomic mass is 127. The highest BCUT2D eigenvalue weighted by Crippen LogP contribution is 2.28. The maximum Gasteiger partial charge on any atom is 0.216 e. The van der Waals surface area contributed by atoms with E-state index >= 15 is 0 Å². The Morgan fingerprint density at radius 1 is 1.42 bits per heavy atom. The van der Waals surface area contributed by atoms with Crippen LogP contribution in [0.5, 0.6) is 0 Å². The summed E-state index contributed by atoms with van der Waals surface area (Å²) in [6.45, 7) is 10.8. The van der Waals surface area contributed by atoms with Crippen LogP contribution < -0.4 is 10.6 Å². The van der Waals surface area contributed by atoms with Gasteiger partial charge in [-0.15, -0.1) is 24.0 Å². The molecule has 150 valence electrons. The van der Waals surface area contributed by atoms with Gasteiger partial charge in [0.15, 0.2) is 5.96 Å². The van der Waals surface area contributed by atoms with Gasteiger partial charge in [-0.05, 0) is 25.7 Å². The zero-order valence-corrected chi connectivity index (χ0v) is 18.6. The second-order valence-electron chi connectivity index (χ2n) is 7.58. The molecule has 3 N–H and O–H groups in total. The van der Waals surface area contributed by atoms with Crippen molar-refractivity contribution in [3.63, 3.8) is 0 Å². The van der Waals surface area contributed by atoms with Crippen molar-refractivity contribution in [3.8, 4) is 0 Å². The molecule has 1 aliphatic rings. The van der Waals surface area contributed by atoms with Crippen molar-refractivity contribution in [2.24, 2.45) is 10.9 Å². The molecule has 26 heavy (non-hydrogen) atoms. The van der Waals surface area contributed by atoms with Crippen LogP contribution in [0.15, 0.2) is 15.6 Å². The Bertz CT molecular complexity index is 553. The summed E-state index contributed by atoms with van der Waals surface area (Å²) in [5.41, 5.74) is -0.0672. The van der Waals surface area contributed by atoms with Crippen molar-refractivity contribution in [1.29, 1.82) is 0 Å². The Morgan fingerprint density at radius 3 is 2.73 bits per heavy atom. The number of aliphatic imine (C=N–C) groups is 1. The average molecular weight is 480 g/mol. The predicted octanol–water partition coefficient (Wildman–Crippen LogP) is 2.43. The van der Waals surface area contributed by atoms with Gasteiger partial charge in [-0.2, -0.15) is 0 Å². The molecule has 0 spiro atoms. The lowest BCUT2D eigenvalue weighted by molar-refractivity contribution is 0.0345. The average Bonchev–Trinajstić information content (AvgIpc) is 3.23. The van der Waals surface area contributed by atoms with Gasteiger partial charge in [-0.3, -0.25) is 0 Å². The third-order valence-corrected chi connectivity index (χ3v) is 3.88. The van der Waals surface area contributed by atoms with E-state index in [0.717, 1.165) is 18.9 Å². The number of aliphatic hydroxyl groups excluding tert-OH is 1. The van der Waals surface area contributed by atoms with Crippen LogP contribution in [0.4, 0.5) is 0 Å². The number of hydrogen-bond donors (Lipinski definition) is 3. The molecule has 0 aromatic carbocycles. The van der Waals surface area contributed by atoms with E-state index in [2.05, 4.69) is 41.4 Å². The molecular formula is C18H33IN4O3. The number of guanidine groups is 1. The minimum absolute atomic E-state index is 0. The van der Waals surface area contributed by atoms with Gasteiger partial charge in [0.25, 0.3) is 0 Å². The number of halogens is 1. The van der Waals surface area contributed by atoms with E-state index in [1.54, 1.807) is 6.20 Å². The molecule has 1 aliphatic carbocycles. The molecule has 1 heterocycles. The number of aliphatic hydroxyl groups is 1. The first-order valence-electron chi connectivity index (χ1n) is 9.11. The lowest BCUT2D eigenvalue weighted by atomic mass is 9.94. The Hall–Kier alpha value is -0.870. The molecule has 1 atom stereocenters. The molecule has 0 aliphatic heterocycles. The lowest BCUT2D eigenvalue weighted by Crippen LogP contribution is -2.42. The maximum atomic E-state index is 9.98. The molecule has 0 bridgehead atoms. The molecule has 8 heteroatoms. The molecule has 2 rings (SSSR count). The van der Waals surface area contributed by atoms with Gasteiger partial charge in [0.05, 0.1) is 18.9 Å². The van der Waals surface area contributed by atoms with Crippen LogP contribution >= 0.6 is 24.0 Å². The fourth-order valence-corrected chi connectivity index (χ4v) is 2.15. The maximum absolute atomic E-state index is 9.98. The van der Waals surface area contributed by atoms with Gasteiger partial charge in [0.1, 0.15) is 12.3 Å². The first kappa shape index (κ1) is 23.2. The fourth-order valence-electron chi connectivity index (χ4n) is 2.15. The van der Waals surface area contributed by atoms with Gasteiger partial charge >= 0.3 is 0 Å². The van der Waals surface area contributed by atoms with Crippen molar-refractivity contribution >= 4 is 29.9 Å². The summed E-state index contributed by atoms with van der Waals surface area (Å²) in [5.74, 6) is 2.76. The largest absolute Gasteiger partial charge is 0.443 e. The lowest BCUT2D eigenvalue weighted by Gasteiger charge is -2.15. The normalized spacial score (nSPS) is 16.1. The monoisotopic (exact) mass is 480 g/mol. The van der Waals surface area contributed by atoms with Crippen LogP contribution in [0, 0.1) is 5.92 Å². The van der Waals surface area contributed by atoms with E-state index in [4.69, 9.17) is 9.15 Å². The van der Waals surface area contributed by atoms with E-state index in [9.17, 15) is 5.11 Å². The molecule has 1 unspecified atom stereocenters. The van der Waals surface area contributed by atoms with E-state index in [0.29, 0.717) is 37.5 Å². The third-order valence-electron chi connectivity index (χ3n) is 3.88. The summed E-state index contributed by atoms with van der Waals surface area (Å²) < 4.78 is 11.2. The number of nitrogens with zero attached hydrogens (tertiary/aromatic N) is 2. The fraction of sp³-hybridized carbons (Fsp3) is 0.778. The molecule has 7 nitrogen and oxygen atoms in total. The van der Waals surface area contributed by atoms with E-state index in [-0.39, 0.29) is 29.4 Å². The summed E-state index contributed by atoms with van der Waals surface area (Å²) in [7, 11) is 0. The van der Waals surface area contributed by atoms with Crippen molar-refractivity contribution in [1.82, 2.24) is 15.6 Å². The first-order valence-corrected chi connectivity index (χ1v) is 9.11. The number of hydrogen-bond acceptors (Lipinski definition) is 5. The van der Waals surface area contributed by atoms with Gasteiger partial charge in [-0.1, -0.05) is 20.8 Å². The highest BCUT2D eigenvalue weighted by Gasteiger charge is 2.21.